The molecule has 3 rings (SSSR count). The van der Waals surface area contributed by atoms with Crippen molar-refractivity contribution in [3.05, 3.63) is 59.7 Å². The molecule has 1 atom stereocenters. The highest BCUT2D eigenvalue weighted by Gasteiger charge is 2.48. The van der Waals surface area contributed by atoms with Crippen molar-refractivity contribution in [3.8, 4) is 0 Å². The number of nitrogens with zero attached hydrogens (tertiary/aromatic N) is 3. The number of hydrogen-bond donors (Lipinski definition) is 0. The molecule has 120 valence electrons. The van der Waals surface area contributed by atoms with Gasteiger partial charge in [0, 0.05) is 36.2 Å². The van der Waals surface area contributed by atoms with Gasteiger partial charge in [-0.05, 0) is 29.7 Å². The number of rotatable bonds is 4. The molecule has 0 unspecified atom stereocenters. The van der Waals surface area contributed by atoms with Gasteiger partial charge in [0.15, 0.2) is 0 Å². The van der Waals surface area contributed by atoms with E-state index in [0.29, 0.717) is 6.42 Å². The Morgan fingerprint density at radius 2 is 2.13 bits per heavy atom. The number of aromatic nitrogens is 2. The second-order valence-electron chi connectivity index (χ2n) is 6.89. The number of carbonyl (C=O) groups is 1. The number of amides is 1. The van der Waals surface area contributed by atoms with E-state index in [9.17, 15) is 4.79 Å². The van der Waals surface area contributed by atoms with Crippen LogP contribution in [-0.2, 0) is 17.6 Å². The van der Waals surface area contributed by atoms with Crippen molar-refractivity contribution < 1.29 is 4.79 Å². The molecule has 4 nitrogen and oxygen atoms in total. The quantitative estimate of drug-likeness (QED) is 0.871. The maximum atomic E-state index is 12.7. The molecule has 0 N–H and O–H groups in total. The summed E-state index contributed by atoms with van der Waals surface area (Å²) in [6, 6.07) is 8.08. The lowest BCUT2D eigenvalue weighted by molar-refractivity contribution is -0.151. The van der Waals surface area contributed by atoms with Crippen LogP contribution < -0.4 is 0 Å². The van der Waals surface area contributed by atoms with Crippen molar-refractivity contribution in [1.29, 1.82) is 0 Å². The van der Waals surface area contributed by atoms with Crippen LogP contribution >= 0.6 is 0 Å². The molecule has 1 amide bonds. The summed E-state index contributed by atoms with van der Waals surface area (Å²) < 4.78 is 0. The largest absolute Gasteiger partial charge is 0.334 e. The minimum atomic E-state index is 0.0815. The molecule has 0 radical (unpaired) electrons. The van der Waals surface area contributed by atoms with Gasteiger partial charge in [0.05, 0.1) is 12.5 Å². The van der Waals surface area contributed by atoms with Crippen LogP contribution in [0.4, 0.5) is 0 Å². The molecule has 23 heavy (non-hydrogen) atoms. The van der Waals surface area contributed by atoms with E-state index >= 15 is 0 Å². The zero-order valence-corrected chi connectivity index (χ0v) is 14.0. The molecule has 1 aliphatic rings. The maximum Gasteiger partial charge on any atom is 0.229 e. The third-order valence-corrected chi connectivity index (χ3v) is 4.58. The molecule has 1 saturated heterocycles. The Hall–Kier alpha value is -2.23. The molecule has 3 heterocycles. The van der Waals surface area contributed by atoms with Crippen LogP contribution in [0.3, 0.4) is 0 Å². The van der Waals surface area contributed by atoms with Crippen molar-refractivity contribution in [2.24, 2.45) is 5.41 Å². The highest BCUT2D eigenvalue weighted by molar-refractivity contribution is 5.80. The summed E-state index contributed by atoms with van der Waals surface area (Å²) >= 11 is 0. The molecular formula is C19H23N3O. The van der Waals surface area contributed by atoms with Gasteiger partial charge < -0.3 is 4.90 Å². The van der Waals surface area contributed by atoms with E-state index in [1.165, 1.54) is 5.56 Å². The van der Waals surface area contributed by atoms with E-state index in [-0.39, 0.29) is 17.4 Å². The monoisotopic (exact) mass is 309 g/mol. The Morgan fingerprint density at radius 3 is 2.70 bits per heavy atom. The smallest absolute Gasteiger partial charge is 0.229 e. The molecule has 0 aliphatic carbocycles. The molecule has 0 spiro atoms. The van der Waals surface area contributed by atoms with E-state index < -0.39 is 0 Å². The fourth-order valence-electron chi connectivity index (χ4n) is 3.35. The fraction of sp³-hybridized carbons (Fsp3) is 0.421. The predicted octanol–water partition coefficient (Wildman–Crippen LogP) is 3.19. The van der Waals surface area contributed by atoms with Gasteiger partial charge in [-0.3, -0.25) is 14.8 Å². The summed E-state index contributed by atoms with van der Waals surface area (Å²) in [7, 11) is 0. The lowest BCUT2D eigenvalue weighted by atomic mass is 9.72. The zero-order chi connectivity index (χ0) is 16.4. The first-order valence-electron chi connectivity index (χ1n) is 8.14. The van der Waals surface area contributed by atoms with Crippen LogP contribution in [0.2, 0.25) is 0 Å². The van der Waals surface area contributed by atoms with Crippen LogP contribution in [-0.4, -0.2) is 27.3 Å². The van der Waals surface area contributed by atoms with Gasteiger partial charge in [0.1, 0.15) is 0 Å². The molecule has 0 aromatic carbocycles. The molecular weight excluding hydrogens is 286 g/mol. The summed E-state index contributed by atoms with van der Waals surface area (Å²) in [5, 5.41) is 0. The number of carbonyl (C=O) groups excluding carboxylic acids is 1. The molecule has 2 aromatic heterocycles. The van der Waals surface area contributed by atoms with Crippen molar-refractivity contribution in [1.82, 2.24) is 14.9 Å². The van der Waals surface area contributed by atoms with Crippen molar-refractivity contribution in [3.63, 3.8) is 0 Å². The van der Waals surface area contributed by atoms with Crippen molar-refractivity contribution in [2.45, 2.75) is 39.7 Å². The topological polar surface area (TPSA) is 46.1 Å². The zero-order valence-electron chi connectivity index (χ0n) is 14.0. The average Bonchev–Trinajstić information content (AvgIpc) is 2.54. The lowest BCUT2D eigenvalue weighted by Gasteiger charge is -2.54. The first kappa shape index (κ1) is 15.7. The molecule has 1 fully saturated rings. The van der Waals surface area contributed by atoms with Crippen LogP contribution in [0.15, 0.2) is 42.9 Å². The summed E-state index contributed by atoms with van der Waals surface area (Å²) in [6.07, 6.45) is 6.81. The van der Waals surface area contributed by atoms with E-state index in [0.717, 1.165) is 24.2 Å². The van der Waals surface area contributed by atoms with E-state index in [1.54, 1.807) is 6.20 Å². The molecule has 4 heteroatoms. The van der Waals surface area contributed by atoms with Gasteiger partial charge in [0.25, 0.3) is 0 Å². The Kier molecular flexibility index (Phi) is 4.16. The minimum Gasteiger partial charge on any atom is -0.334 e. The fourth-order valence-corrected chi connectivity index (χ4v) is 3.35. The van der Waals surface area contributed by atoms with E-state index in [2.05, 4.69) is 30.7 Å². The first-order valence-corrected chi connectivity index (χ1v) is 8.14. The Bertz CT molecular complexity index is 680. The first-order chi connectivity index (χ1) is 11.0. The van der Waals surface area contributed by atoms with E-state index in [4.69, 9.17) is 0 Å². The highest BCUT2D eigenvalue weighted by atomic mass is 16.2. The summed E-state index contributed by atoms with van der Waals surface area (Å²) in [5.74, 6) is 0.134. The predicted molar refractivity (Wildman–Crippen MR) is 89.8 cm³/mol. The maximum absolute atomic E-state index is 12.7. The standard InChI is InChI=1S/C19H23N3O/c1-4-14-7-8-16(21-11-14)10-17(23)22-13-19(2,3)18(22)15-6-5-9-20-12-15/h5-9,11-12,18H,4,10,13H2,1-3H3/t18-/m1/s1. The van der Waals surface area contributed by atoms with Gasteiger partial charge in [-0.25, -0.2) is 0 Å². The van der Waals surface area contributed by atoms with E-state index in [1.807, 2.05) is 41.6 Å². The van der Waals surface area contributed by atoms with Crippen LogP contribution in [0.5, 0.6) is 0 Å². The minimum absolute atomic E-state index is 0.0815. The second kappa shape index (κ2) is 6.11. The molecule has 0 saturated carbocycles. The number of hydrogen-bond acceptors (Lipinski definition) is 3. The van der Waals surface area contributed by atoms with Crippen LogP contribution in [0.1, 0.15) is 43.6 Å². The number of likely N-dealkylation sites (tertiary alicyclic amines) is 1. The van der Waals surface area contributed by atoms with Gasteiger partial charge >= 0.3 is 0 Å². The van der Waals surface area contributed by atoms with Crippen molar-refractivity contribution >= 4 is 5.91 Å². The third-order valence-electron chi connectivity index (χ3n) is 4.58. The highest BCUT2D eigenvalue weighted by Crippen LogP contribution is 2.48. The van der Waals surface area contributed by atoms with Crippen LogP contribution in [0.25, 0.3) is 0 Å². The SMILES string of the molecule is CCc1ccc(CC(=O)N2CC(C)(C)[C@H]2c2cccnc2)nc1. The second-order valence-corrected chi connectivity index (χ2v) is 6.89. The average molecular weight is 309 g/mol. The lowest BCUT2D eigenvalue weighted by Crippen LogP contribution is -2.58. The van der Waals surface area contributed by atoms with Gasteiger partial charge in [-0.1, -0.05) is 32.9 Å². The third kappa shape index (κ3) is 3.11. The summed E-state index contributed by atoms with van der Waals surface area (Å²) in [5.41, 5.74) is 3.21. The van der Waals surface area contributed by atoms with Crippen molar-refractivity contribution in [2.75, 3.05) is 6.54 Å². The van der Waals surface area contributed by atoms with Gasteiger partial charge in [0.2, 0.25) is 5.91 Å². The van der Waals surface area contributed by atoms with Crippen LogP contribution in [0, 0.1) is 5.41 Å². The number of pyridine rings is 2. The Morgan fingerprint density at radius 1 is 1.30 bits per heavy atom. The molecule has 1 aliphatic heterocycles. The summed E-state index contributed by atoms with van der Waals surface area (Å²) in [4.78, 5) is 23.2. The molecule has 0 bridgehead atoms. The number of aryl methyl sites for hydroxylation is 1. The Balaban J connectivity index is 1.74. The Labute approximate surface area is 137 Å². The van der Waals surface area contributed by atoms with Gasteiger partial charge in [-0.15, -0.1) is 0 Å². The van der Waals surface area contributed by atoms with Gasteiger partial charge in [-0.2, -0.15) is 0 Å². The molecule has 2 aromatic rings. The summed E-state index contributed by atoms with van der Waals surface area (Å²) in [6.45, 7) is 7.27. The normalized spacial score (nSPS) is 19.3.